The first kappa shape index (κ1) is 45.3. The number of rotatable bonds is 10. The van der Waals surface area contributed by atoms with Crippen LogP contribution in [0, 0.1) is 0 Å². The van der Waals surface area contributed by atoms with Crippen LogP contribution in [0.4, 0.5) is 22.7 Å². The number of para-hydroxylation sites is 2. The van der Waals surface area contributed by atoms with Crippen LogP contribution in [0.3, 0.4) is 0 Å². The zero-order valence-corrected chi connectivity index (χ0v) is 31.9. The number of ketones is 2. The van der Waals surface area contributed by atoms with Crippen molar-refractivity contribution in [2.24, 2.45) is 30.7 Å². The molecule has 279 valence electrons. The van der Waals surface area contributed by atoms with Crippen LogP contribution in [0.15, 0.2) is 148 Å². The Balaban J connectivity index is 0.000000360. The van der Waals surface area contributed by atoms with Gasteiger partial charge in [0, 0.05) is 36.3 Å². The van der Waals surface area contributed by atoms with Gasteiger partial charge < -0.3 is 26.0 Å². The predicted molar refractivity (Wildman–Crippen MR) is 189 cm³/mol. The number of sulfonamides is 2. The van der Waals surface area contributed by atoms with E-state index in [1.165, 1.54) is 18.7 Å². The fraction of sp³-hybridized carbons (Fsp3) is 0.0625. The molecule has 17 nitrogen and oxygen atoms in total. The third-order valence-corrected chi connectivity index (χ3v) is 9.34. The molecule has 0 amide bonds. The SMILES string of the molecule is CC(=O)/C(N=Nc1cc(S(N)(=O)=O)ccc1O)=C(/[O-])Nc1ccccc1.CC(=O)/C(N=Nc1cc(S(N)(=O)=O)ccc1O)=C1\[N-]c2ccccc2S1.[Co].[Li+]. The van der Waals surface area contributed by atoms with Gasteiger partial charge >= 0.3 is 18.9 Å². The van der Waals surface area contributed by atoms with Gasteiger partial charge in [-0.15, -0.1) is 37.9 Å². The first-order valence-electron chi connectivity index (χ1n) is 14.5. The number of carbonyl (C=O) groups excluding carboxylic acids is 2. The summed E-state index contributed by atoms with van der Waals surface area (Å²) in [7, 11) is -7.98. The largest absolute Gasteiger partial charge is 1.00 e. The number of Topliss-reactive ketones (excluding diaryl/α,β-unsaturated/α-hetero) is 2. The average molecular weight is 831 g/mol. The number of thioether (sulfide) groups is 1. The molecule has 5 rings (SSSR count). The van der Waals surface area contributed by atoms with Crippen LogP contribution in [-0.2, 0) is 46.4 Å². The van der Waals surface area contributed by atoms with Crippen molar-refractivity contribution >= 4 is 66.1 Å². The summed E-state index contributed by atoms with van der Waals surface area (Å²) >= 11 is 1.28. The second kappa shape index (κ2) is 19.5. The summed E-state index contributed by atoms with van der Waals surface area (Å²) in [6, 6.07) is 22.2. The number of phenolic OH excluding ortho intramolecular Hbond substituents is 2. The van der Waals surface area contributed by atoms with Crippen molar-refractivity contribution in [2.75, 3.05) is 5.32 Å². The molecule has 0 atom stereocenters. The Morgan fingerprint density at radius 1 is 0.759 bits per heavy atom. The number of benzene rings is 4. The summed E-state index contributed by atoms with van der Waals surface area (Å²) in [6.45, 7) is 2.45. The van der Waals surface area contributed by atoms with Gasteiger partial charge in [-0.2, -0.15) is 0 Å². The standard InChI is InChI=1S/C16H16N4O5S.C16H14N4O4S2.Co.Li/c1-10(21)15(16(23)18-11-5-3-2-4-6-11)20-19-13-9-12(26(17,24)25)7-8-14(13)22;1-9(21)15(16-18-11-4-2-3-5-14(11)25-16)20-19-12-8-10(26(17,23)24)6-7-13(12)22;;/h2-9,18,22-23H,1H3,(H2,17,24,25);2-8H,1H3,(H4,17,18,19,20,21,22,23,24);;/q;;;+1/p-2/b16-15-,20-19?;;;. The van der Waals surface area contributed by atoms with E-state index in [9.17, 15) is 41.7 Å². The number of nitrogens with zero attached hydrogens (tertiary/aromatic N) is 5. The van der Waals surface area contributed by atoms with Gasteiger partial charge in [0.25, 0.3) is 0 Å². The minimum Gasteiger partial charge on any atom is -0.859 e. The van der Waals surface area contributed by atoms with Gasteiger partial charge in [0.1, 0.15) is 34.3 Å². The van der Waals surface area contributed by atoms with Crippen LogP contribution in [0.2, 0.25) is 0 Å². The Kier molecular flexibility index (Phi) is 16.4. The molecule has 1 radical (unpaired) electrons. The Morgan fingerprint density at radius 2 is 1.26 bits per heavy atom. The molecule has 22 heteroatoms. The van der Waals surface area contributed by atoms with Gasteiger partial charge in [-0.25, -0.2) is 27.1 Å². The van der Waals surface area contributed by atoms with Gasteiger partial charge in [0.15, 0.2) is 11.6 Å². The van der Waals surface area contributed by atoms with E-state index in [2.05, 4.69) is 31.1 Å². The molecule has 0 bridgehead atoms. The topological polar surface area (TPSA) is 294 Å². The number of fused-ring (bicyclic) bond motifs is 1. The van der Waals surface area contributed by atoms with Crippen molar-refractivity contribution in [2.45, 2.75) is 28.5 Å². The zero-order chi connectivity index (χ0) is 38.2. The maximum Gasteiger partial charge on any atom is 1.00 e. The number of allylic oxidation sites excluding steroid dienone is 2. The zero-order valence-electron chi connectivity index (χ0n) is 28.4. The van der Waals surface area contributed by atoms with Gasteiger partial charge in [0.05, 0.1) is 9.79 Å². The van der Waals surface area contributed by atoms with E-state index in [0.29, 0.717) is 10.7 Å². The number of aromatic hydroxyl groups is 2. The molecule has 1 aliphatic heterocycles. The maximum atomic E-state index is 12.2. The molecule has 1 heterocycles. The van der Waals surface area contributed by atoms with Crippen molar-refractivity contribution in [3.8, 4) is 11.5 Å². The van der Waals surface area contributed by atoms with E-state index in [-0.39, 0.29) is 74.0 Å². The average Bonchev–Trinajstić information content (AvgIpc) is 3.50. The van der Waals surface area contributed by atoms with Crippen molar-refractivity contribution in [1.29, 1.82) is 0 Å². The molecule has 7 N–H and O–H groups in total. The minimum atomic E-state index is -4.02. The number of nitrogens with two attached hydrogens (primary N) is 2. The van der Waals surface area contributed by atoms with Crippen LogP contribution in [0.25, 0.3) is 5.32 Å². The summed E-state index contributed by atoms with van der Waals surface area (Å²) in [5, 5.41) is 63.9. The summed E-state index contributed by atoms with van der Waals surface area (Å²) in [6.07, 6.45) is 0. The van der Waals surface area contributed by atoms with Gasteiger partial charge in [-0.3, -0.25) is 9.59 Å². The molecular formula is C32H28CoLiN8O9S3-. The third kappa shape index (κ3) is 12.4. The minimum absolute atomic E-state index is 0. The van der Waals surface area contributed by atoms with E-state index in [1.807, 2.05) is 24.3 Å². The van der Waals surface area contributed by atoms with E-state index in [1.54, 1.807) is 30.3 Å². The van der Waals surface area contributed by atoms with Crippen LogP contribution >= 0.6 is 11.8 Å². The summed E-state index contributed by atoms with van der Waals surface area (Å²) in [4.78, 5) is 24.0. The Labute approximate surface area is 336 Å². The number of hydrogen-bond acceptors (Lipinski definition) is 15. The van der Waals surface area contributed by atoms with Crippen molar-refractivity contribution in [3.05, 3.63) is 119 Å². The molecule has 0 unspecified atom stereocenters. The van der Waals surface area contributed by atoms with Crippen LogP contribution in [0.1, 0.15) is 13.8 Å². The molecular weight excluding hydrogens is 802 g/mol. The number of hydrogen-bond donors (Lipinski definition) is 5. The van der Waals surface area contributed by atoms with E-state index >= 15 is 0 Å². The monoisotopic (exact) mass is 830 g/mol. The van der Waals surface area contributed by atoms with Crippen molar-refractivity contribution < 1.29 is 77.4 Å². The third-order valence-electron chi connectivity index (χ3n) is 6.48. The molecule has 4 aromatic carbocycles. The first-order valence-corrected chi connectivity index (χ1v) is 18.4. The van der Waals surface area contributed by atoms with Crippen LogP contribution in [0.5, 0.6) is 11.5 Å². The molecule has 0 saturated carbocycles. The van der Waals surface area contributed by atoms with Crippen LogP contribution < -0.4 is 39.6 Å². The first-order chi connectivity index (χ1) is 24.4. The maximum absolute atomic E-state index is 12.2. The molecule has 4 aromatic rings. The van der Waals surface area contributed by atoms with E-state index < -0.39 is 43.2 Å². The normalized spacial score (nSPS) is 13.6. The molecule has 0 aliphatic carbocycles. The predicted octanol–water partition coefficient (Wildman–Crippen LogP) is 2.05. The number of primary sulfonamides is 2. The number of carbonyl (C=O) groups is 2. The molecule has 0 fully saturated rings. The van der Waals surface area contributed by atoms with Gasteiger partial charge in [0.2, 0.25) is 20.0 Å². The number of azo groups is 2. The number of nitrogens with one attached hydrogen (secondary N) is 1. The Morgan fingerprint density at radius 3 is 1.74 bits per heavy atom. The number of phenols is 2. The second-order valence-corrected chi connectivity index (χ2v) is 14.6. The molecule has 0 aromatic heterocycles. The van der Waals surface area contributed by atoms with Gasteiger partial charge in [-0.1, -0.05) is 41.4 Å². The summed E-state index contributed by atoms with van der Waals surface area (Å²) < 4.78 is 45.5. The second-order valence-electron chi connectivity index (χ2n) is 10.4. The van der Waals surface area contributed by atoms with Gasteiger partial charge in [-0.05, 0) is 65.4 Å². The quantitative estimate of drug-likeness (QED) is 0.0667. The molecule has 54 heavy (non-hydrogen) atoms. The smallest absolute Gasteiger partial charge is 0.859 e. The fourth-order valence-electron chi connectivity index (χ4n) is 3.95. The van der Waals surface area contributed by atoms with Crippen molar-refractivity contribution in [3.63, 3.8) is 0 Å². The summed E-state index contributed by atoms with van der Waals surface area (Å²) in [5.74, 6) is -2.52. The van der Waals surface area contributed by atoms with E-state index in [4.69, 9.17) is 10.3 Å². The molecule has 0 saturated heterocycles. The fourth-order valence-corrected chi connectivity index (χ4v) is 6.02. The summed E-state index contributed by atoms with van der Waals surface area (Å²) in [5.41, 5.74) is 0.270. The molecule has 0 spiro atoms. The number of anilines is 1. The van der Waals surface area contributed by atoms with E-state index in [0.717, 1.165) is 53.9 Å². The Bertz CT molecular complexity index is 2370. The Hall–Kier alpha value is -4.83. The van der Waals surface area contributed by atoms with Crippen molar-refractivity contribution in [1.82, 2.24) is 0 Å². The van der Waals surface area contributed by atoms with Crippen LogP contribution in [-0.4, -0.2) is 38.6 Å². The molecule has 1 aliphatic rings.